The summed E-state index contributed by atoms with van der Waals surface area (Å²) in [5.41, 5.74) is 10.7. The maximum absolute atomic E-state index is 6.17. The molecule has 8 aromatic rings. The monoisotopic (exact) mass is 1230 g/mol. The lowest BCUT2D eigenvalue weighted by atomic mass is 10.0. The summed E-state index contributed by atoms with van der Waals surface area (Å²) in [6, 6.07) is 45.1. The summed E-state index contributed by atoms with van der Waals surface area (Å²) >= 11 is 7.39. The van der Waals surface area contributed by atoms with Gasteiger partial charge in [0.2, 0.25) is 0 Å². The Morgan fingerprint density at radius 1 is 0.280 bits per heavy atom. The van der Waals surface area contributed by atoms with Crippen molar-refractivity contribution in [3.63, 3.8) is 0 Å². The summed E-state index contributed by atoms with van der Waals surface area (Å²) in [5.74, 6) is 3.47. The lowest BCUT2D eigenvalue weighted by molar-refractivity contribution is 0.304. The first kappa shape index (κ1) is 63.7. The smallest absolute Gasteiger partial charge is 0.119 e. The van der Waals surface area contributed by atoms with Gasteiger partial charge in [0.25, 0.3) is 0 Å². The Hall–Kier alpha value is -5.84. The molecule has 6 aromatic carbocycles. The van der Waals surface area contributed by atoms with Crippen molar-refractivity contribution < 1.29 is 18.9 Å². The molecule has 0 aliphatic heterocycles. The van der Waals surface area contributed by atoms with E-state index in [1.807, 2.05) is 84.9 Å². The van der Waals surface area contributed by atoms with E-state index in [0.29, 0.717) is 0 Å². The number of fused-ring (bicyclic) bond motifs is 2. The predicted octanol–water partition coefficient (Wildman–Crippen LogP) is 22.4. The predicted molar refractivity (Wildman–Crippen MR) is 352 cm³/mol. The van der Waals surface area contributed by atoms with E-state index < -0.39 is 0 Å². The number of nitrogens with zero attached hydrogens (tertiary/aromatic N) is 4. The van der Waals surface area contributed by atoms with E-state index in [4.69, 9.17) is 38.9 Å². The van der Waals surface area contributed by atoms with Crippen LogP contribution in [0.3, 0.4) is 0 Å². The standard InChI is InChI=1S/C36H44Br2N2O2.C36H46N2O2/c1-3-5-7-9-11-13-23-41-29-19-15-17-27(25-29)33-34(40-36-32(38)22-21-31(37)35(36)39-33)28-18-16-20-30(26-28)42-24-14-12-10-8-6-4-2;1-3-5-7-9-11-15-25-39-31-21-17-19-29(27-31)35-36(38-34-24-14-13-23-33(34)37-35)30-20-18-22-32(28-30)40-26-16-12-10-8-6-4-2/h15-22,25-26H,3-14,23-24H2,1-2H3;13-14,17-24,27-28H,3-12,15-16,25-26H2,1-2H3. The van der Waals surface area contributed by atoms with Crippen molar-refractivity contribution in [1.29, 1.82) is 0 Å². The van der Waals surface area contributed by atoms with E-state index in [1.54, 1.807) is 0 Å². The van der Waals surface area contributed by atoms with Crippen LogP contribution in [0, 0.1) is 0 Å². The number of halogens is 2. The molecular formula is C72H90Br2N4O4. The van der Waals surface area contributed by atoms with E-state index in [9.17, 15) is 0 Å². The van der Waals surface area contributed by atoms with Gasteiger partial charge >= 0.3 is 0 Å². The number of benzene rings is 6. The first-order valence-corrected chi connectivity index (χ1v) is 32.8. The highest BCUT2D eigenvalue weighted by molar-refractivity contribution is 9.11. The maximum atomic E-state index is 6.17. The Bertz CT molecular complexity index is 2920. The first-order chi connectivity index (χ1) is 40.4. The largest absolute Gasteiger partial charge is 0.494 e. The van der Waals surface area contributed by atoms with Crippen LogP contribution in [0.2, 0.25) is 0 Å². The summed E-state index contributed by atoms with van der Waals surface area (Å²) in [4.78, 5) is 20.5. The number of hydrogen-bond acceptors (Lipinski definition) is 8. The van der Waals surface area contributed by atoms with Crippen molar-refractivity contribution in [1.82, 2.24) is 19.9 Å². The van der Waals surface area contributed by atoms with Crippen molar-refractivity contribution in [3.8, 4) is 68.0 Å². The Balaban J connectivity index is 0.000000236. The van der Waals surface area contributed by atoms with Crippen LogP contribution < -0.4 is 18.9 Å². The van der Waals surface area contributed by atoms with Gasteiger partial charge in [-0.3, -0.25) is 0 Å². The molecule has 0 atom stereocenters. The number of para-hydroxylation sites is 2. The van der Waals surface area contributed by atoms with Crippen molar-refractivity contribution in [3.05, 3.63) is 142 Å². The Kier molecular flexibility index (Phi) is 28.5. The molecule has 436 valence electrons. The molecule has 0 saturated heterocycles. The third-order valence-corrected chi connectivity index (χ3v) is 16.1. The zero-order valence-electron chi connectivity index (χ0n) is 49.7. The van der Waals surface area contributed by atoms with Crippen LogP contribution in [-0.2, 0) is 0 Å². The molecule has 0 N–H and O–H groups in total. The van der Waals surface area contributed by atoms with Gasteiger partial charge in [-0.15, -0.1) is 0 Å². The third-order valence-electron chi connectivity index (χ3n) is 14.8. The minimum atomic E-state index is 0.725. The molecule has 8 rings (SSSR count). The van der Waals surface area contributed by atoms with E-state index in [1.165, 1.54) is 128 Å². The lowest BCUT2D eigenvalue weighted by Crippen LogP contribution is -2.00. The van der Waals surface area contributed by atoms with Crippen LogP contribution in [-0.4, -0.2) is 46.4 Å². The summed E-state index contributed by atoms with van der Waals surface area (Å²) in [6.45, 7) is 11.9. The van der Waals surface area contributed by atoms with Gasteiger partial charge in [0.15, 0.2) is 0 Å². The van der Waals surface area contributed by atoms with Gasteiger partial charge in [-0.1, -0.05) is 217 Å². The number of aromatic nitrogens is 4. The van der Waals surface area contributed by atoms with Crippen LogP contribution in [0.4, 0.5) is 0 Å². The second-order valence-electron chi connectivity index (χ2n) is 21.6. The molecule has 0 radical (unpaired) electrons. The van der Waals surface area contributed by atoms with Gasteiger partial charge in [0, 0.05) is 31.2 Å². The van der Waals surface area contributed by atoms with Crippen LogP contribution in [0.1, 0.15) is 182 Å². The zero-order valence-corrected chi connectivity index (χ0v) is 52.9. The third kappa shape index (κ3) is 20.8. The van der Waals surface area contributed by atoms with Crippen molar-refractivity contribution in [2.75, 3.05) is 26.4 Å². The lowest BCUT2D eigenvalue weighted by Gasteiger charge is -2.14. The molecule has 2 aromatic heterocycles. The molecule has 2 heterocycles. The van der Waals surface area contributed by atoms with Gasteiger partial charge in [-0.2, -0.15) is 0 Å². The molecule has 10 heteroatoms. The van der Waals surface area contributed by atoms with Gasteiger partial charge in [0.05, 0.1) is 60.2 Å². The van der Waals surface area contributed by atoms with E-state index in [2.05, 4.69) is 108 Å². The summed E-state index contributed by atoms with van der Waals surface area (Å²) < 4.78 is 26.4. The highest BCUT2D eigenvalue weighted by atomic mass is 79.9. The van der Waals surface area contributed by atoms with E-state index >= 15 is 0 Å². The highest BCUT2D eigenvalue weighted by Crippen LogP contribution is 2.38. The minimum absolute atomic E-state index is 0.725. The summed E-state index contributed by atoms with van der Waals surface area (Å²) in [6.07, 6.45) is 29.9. The zero-order chi connectivity index (χ0) is 57.4. The fourth-order valence-corrected chi connectivity index (χ4v) is 10.9. The topological polar surface area (TPSA) is 88.5 Å². The van der Waals surface area contributed by atoms with Gasteiger partial charge in [0.1, 0.15) is 34.0 Å². The first-order valence-electron chi connectivity index (χ1n) is 31.2. The normalized spacial score (nSPS) is 11.2. The quantitative estimate of drug-likeness (QED) is 0.0359. The Labute approximate surface area is 508 Å². The van der Waals surface area contributed by atoms with Crippen molar-refractivity contribution in [2.24, 2.45) is 0 Å². The SMILES string of the molecule is CCCCCCCCOc1cccc(-c2nc3c(Br)ccc(Br)c3nc2-c2cccc(OCCCCCCCC)c2)c1.CCCCCCCCOc1cccc(-c2nc3ccccc3nc2-c2cccc(OCCCCCCCC)c2)c1. The molecule has 8 nitrogen and oxygen atoms in total. The molecule has 0 bridgehead atoms. The van der Waals surface area contributed by atoms with Crippen LogP contribution in [0.15, 0.2) is 142 Å². The van der Waals surface area contributed by atoms with Crippen LogP contribution >= 0.6 is 31.9 Å². The maximum Gasteiger partial charge on any atom is 0.119 e. The molecule has 0 aliphatic rings. The minimum Gasteiger partial charge on any atom is -0.494 e. The molecule has 0 aliphatic carbocycles. The molecule has 0 amide bonds. The second kappa shape index (κ2) is 36.7. The molecule has 0 spiro atoms. The average molecular weight is 1240 g/mol. The Morgan fingerprint density at radius 2 is 0.537 bits per heavy atom. The Morgan fingerprint density at radius 3 is 0.817 bits per heavy atom. The van der Waals surface area contributed by atoms with Gasteiger partial charge in [-0.25, -0.2) is 19.9 Å². The number of rotatable bonds is 36. The molecular weight excluding hydrogens is 1140 g/mol. The van der Waals surface area contributed by atoms with Crippen molar-refractivity contribution in [2.45, 2.75) is 182 Å². The number of ether oxygens (including phenoxy) is 4. The van der Waals surface area contributed by atoms with Crippen LogP contribution in [0.5, 0.6) is 23.0 Å². The highest BCUT2D eigenvalue weighted by Gasteiger charge is 2.19. The fraction of sp³-hybridized carbons (Fsp3) is 0.444. The van der Waals surface area contributed by atoms with Gasteiger partial charge in [-0.05, 0) is 130 Å². The number of unbranched alkanes of at least 4 members (excludes halogenated alkanes) is 20. The summed E-state index contributed by atoms with van der Waals surface area (Å²) in [5, 5.41) is 0. The molecule has 0 unspecified atom stereocenters. The fourth-order valence-electron chi connectivity index (χ4n) is 10.1. The van der Waals surface area contributed by atoms with E-state index in [-0.39, 0.29) is 0 Å². The average Bonchev–Trinajstić information content (AvgIpc) is 3.71. The van der Waals surface area contributed by atoms with Gasteiger partial charge < -0.3 is 18.9 Å². The van der Waals surface area contributed by atoms with Crippen molar-refractivity contribution >= 4 is 53.9 Å². The summed E-state index contributed by atoms with van der Waals surface area (Å²) in [7, 11) is 0. The molecule has 82 heavy (non-hydrogen) atoms. The van der Waals surface area contributed by atoms with E-state index in [0.717, 1.165) is 151 Å². The number of hydrogen-bond donors (Lipinski definition) is 0. The second-order valence-corrected chi connectivity index (χ2v) is 23.3. The molecule has 0 saturated carbocycles. The molecule has 0 fully saturated rings. The van der Waals surface area contributed by atoms with Crippen LogP contribution in [0.25, 0.3) is 67.1 Å².